The minimum atomic E-state index is -0.294. The summed E-state index contributed by atoms with van der Waals surface area (Å²) in [5.41, 5.74) is 3.99. The molecule has 2 aromatic rings. The molecule has 31 heavy (non-hydrogen) atoms. The van der Waals surface area contributed by atoms with E-state index in [1.807, 2.05) is 12.4 Å². The molecule has 5 aliphatic rings. The number of Topliss-reactive ketones (excluding diaryl/α,β-unsaturated/α-hetero) is 1. The zero-order valence-electron chi connectivity index (χ0n) is 18.2. The first kappa shape index (κ1) is 18.3. The summed E-state index contributed by atoms with van der Waals surface area (Å²) in [5.74, 6) is 1.44. The van der Waals surface area contributed by atoms with E-state index in [9.17, 15) is 4.79 Å². The molecule has 0 amide bonds. The molecule has 3 heteroatoms. The highest BCUT2D eigenvalue weighted by atomic mass is 16.5. The van der Waals surface area contributed by atoms with Gasteiger partial charge in [0.25, 0.3) is 0 Å². The molecular formula is C28H29NO2. The molecule has 0 radical (unpaired) electrons. The van der Waals surface area contributed by atoms with Crippen LogP contribution in [0.3, 0.4) is 0 Å². The Morgan fingerprint density at radius 2 is 2.03 bits per heavy atom. The highest BCUT2D eigenvalue weighted by Gasteiger charge is 2.66. The van der Waals surface area contributed by atoms with Gasteiger partial charge in [0, 0.05) is 30.6 Å². The molecule has 2 bridgehead atoms. The molecule has 3 fully saturated rings. The standard InChI is InChI=1S/C28H29NO2/c1-26-10-8-22-15-21-4-5-23(30)16-27(21)11-12-28(22,31-27)25(26)7-6-24(26)19-3-2-18-9-13-29-17-20(18)14-19/h2-3,8-9,13-15,17,24-25H,4-7,10-12,16H2,1H3/t24-,25-,26?,27-,28-/m1/s1. The summed E-state index contributed by atoms with van der Waals surface area (Å²) in [4.78, 5) is 16.7. The van der Waals surface area contributed by atoms with E-state index in [2.05, 4.69) is 48.3 Å². The van der Waals surface area contributed by atoms with Crippen LogP contribution in [0, 0.1) is 11.3 Å². The van der Waals surface area contributed by atoms with Crippen LogP contribution in [0.1, 0.15) is 69.8 Å². The van der Waals surface area contributed by atoms with Crippen molar-refractivity contribution in [3.05, 3.63) is 65.5 Å². The summed E-state index contributed by atoms with van der Waals surface area (Å²) in [6.45, 7) is 2.50. The summed E-state index contributed by atoms with van der Waals surface area (Å²) in [6.07, 6.45) is 16.6. The van der Waals surface area contributed by atoms with Crippen LogP contribution >= 0.6 is 0 Å². The van der Waals surface area contributed by atoms with Crippen LogP contribution in [-0.2, 0) is 9.53 Å². The second kappa shape index (κ2) is 5.95. The molecule has 1 unspecified atom stereocenters. The van der Waals surface area contributed by atoms with Crippen molar-refractivity contribution in [1.29, 1.82) is 0 Å². The monoisotopic (exact) mass is 411 g/mol. The molecule has 3 aliphatic carbocycles. The number of hydrogen-bond donors (Lipinski definition) is 0. The second-order valence-electron chi connectivity index (χ2n) is 10.9. The normalized spacial score (nSPS) is 40.7. The zero-order valence-corrected chi connectivity index (χ0v) is 18.2. The molecule has 2 spiro atoms. The number of ether oxygens (including phenoxy) is 1. The van der Waals surface area contributed by atoms with Crippen molar-refractivity contribution in [2.24, 2.45) is 11.3 Å². The molecule has 1 aromatic heterocycles. The van der Waals surface area contributed by atoms with Crippen molar-refractivity contribution >= 4 is 16.6 Å². The molecule has 0 N–H and O–H groups in total. The van der Waals surface area contributed by atoms with Crippen LogP contribution in [0.2, 0.25) is 0 Å². The predicted molar refractivity (Wildman–Crippen MR) is 121 cm³/mol. The van der Waals surface area contributed by atoms with Gasteiger partial charge in [-0.05, 0) is 90.0 Å². The van der Waals surface area contributed by atoms with Gasteiger partial charge in [0.05, 0.1) is 11.2 Å². The molecular weight excluding hydrogens is 382 g/mol. The molecule has 5 atom stereocenters. The van der Waals surface area contributed by atoms with Gasteiger partial charge in [0.1, 0.15) is 5.78 Å². The Bertz CT molecular complexity index is 1190. The molecule has 1 aromatic carbocycles. The molecule has 3 nitrogen and oxygen atoms in total. The number of pyridine rings is 1. The first-order valence-electron chi connectivity index (χ1n) is 12.0. The lowest BCUT2D eigenvalue weighted by Crippen LogP contribution is -2.53. The SMILES string of the molecule is CC12CC=C3C=C4CCC(=O)C[C@]45CC[C@]3(O5)[C@@H]1CC[C@@H]2c1ccc2ccncc2c1. The second-order valence-corrected chi connectivity index (χ2v) is 10.9. The quantitative estimate of drug-likeness (QED) is 0.574. The van der Waals surface area contributed by atoms with E-state index in [4.69, 9.17) is 4.74 Å². The van der Waals surface area contributed by atoms with E-state index in [0.29, 0.717) is 30.5 Å². The molecule has 158 valence electrons. The van der Waals surface area contributed by atoms with Gasteiger partial charge in [-0.3, -0.25) is 9.78 Å². The largest absolute Gasteiger partial charge is 0.359 e. The Balaban J connectivity index is 1.31. The predicted octanol–water partition coefficient (Wildman–Crippen LogP) is 6.05. The number of allylic oxidation sites excluding steroid dienone is 1. The summed E-state index contributed by atoms with van der Waals surface area (Å²) < 4.78 is 7.12. The van der Waals surface area contributed by atoms with Crippen molar-refractivity contribution in [3.63, 3.8) is 0 Å². The number of hydrogen-bond acceptors (Lipinski definition) is 3. The first-order chi connectivity index (χ1) is 15.0. The van der Waals surface area contributed by atoms with Crippen LogP contribution < -0.4 is 0 Å². The first-order valence-corrected chi connectivity index (χ1v) is 12.0. The van der Waals surface area contributed by atoms with Gasteiger partial charge < -0.3 is 4.74 Å². The molecule has 2 aliphatic heterocycles. The number of aromatic nitrogens is 1. The lowest BCUT2D eigenvalue weighted by Gasteiger charge is -2.53. The highest BCUT2D eigenvalue weighted by molar-refractivity contribution is 5.83. The van der Waals surface area contributed by atoms with Gasteiger partial charge in [-0.1, -0.05) is 31.2 Å². The van der Waals surface area contributed by atoms with Gasteiger partial charge in [-0.2, -0.15) is 0 Å². The summed E-state index contributed by atoms with van der Waals surface area (Å²) in [5, 5.41) is 2.50. The van der Waals surface area contributed by atoms with E-state index in [-0.39, 0.29) is 16.6 Å². The van der Waals surface area contributed by atoms with E-state index in [1.54, 1.807) is 0 Å². The Labute approximate surface area is 183 Å². The van der Waals surface area contributed by atoms with Crippen molar-refractivity contribution in [3.8, 4) is 0 Å². The van der Waals surface area contributed by atoms with E-state index >= 15 is 0 Å². The van der Waals surface area contributed by atoms with Crippen LogP contribution in [-0.4, -0.2) is 22.0 Å². The van der Waals surface area contributed by atoms with Crippen LogP contribution in [0.25, 0.3) is 10.8 Å². The Morgan fingerprint density at radius 3 is 2.97 bits per heavy atom. The number of fused-ring (bicyclic) bond motifs is 2. The lowest BCUT2D eigenvalue weighted by molar-refractivity contribution is -0.146. The third kappa shape index (κ3) is 2.28. The number of ketones is 1. The number of carbonyl (C=O) groups excluding carboxylic acids is 1. The van der Waals surface area contributed by atoms with Gasteiger partial charge >= 0.3 is 0 Å². The molecule has 3 heterocycles. The maximum Gasteiger partial charge on any atom is 0.136 e. The summed E-state index contributed by atoms with van der Waals surface area (Å²) in [7, 11) is 0. The van der Waals surface area contributed by atoms with Crippen LogP contribution in [0.5, 0.6) is 0 Å². The number of benzene rings is 1. The number of carbonyl (C=O) groups is 1. The van der Waals surface area contributed by atoms with Crippen molar-refractivity contribution in [1.82, 2.24) is 4.98 Å². The average Bonchev–Trinajstić information content (AvgIpc) is 3.28. The zero-order chi connectivity index (χ0) is 20.8. The summed E-state index contributed by atoms with van der Waals surface area (Å²) >= 11 is 0. The van der Waals surface area contributed by atoms with Crippen molar-refractivity contribution in [2.45, 2.75) is 75.4 Å². The Kier molecular flexibility index (Phi) is 3.52. The van der Waals surface area contributed by atoms with Gasteiger partial charge in [0.15, 0.2) is 0 Å². The number of rotatable bonds is 1. The van der Waals surface area contributed by atoms with Gasteiger partial charge in [-0.25, -0.2) is 0 Å². The third-order valence-electron chi connectivity index (χ3n) is 9.57. The van der Waals surface area contributed by atoms with Crippen LogP contribution in [0.4, 0.5) is 0 Å². The van der Waals surface area contributed by atoms with E-state index in [0.717, 1.165) is 25.7 Å². The lowest BCUT2D eigenvalue weighted by atomic mass is 9.58. The number of nitrogens with zero attached hydrogens (tertiary/aromatic N) is 1. The van der Waals surface area contributed by atoms with E-state index in [1.165, 1.54) is 40.3 Å². The maximum absolute atomic E-state index is 12.4. The van der Waals surface area contributed by atoms with Crippen molar-refractivity contribution < 1.29 is 9.53 Å². The van der Waals surface area contributed by atoms with Gasteiger partial charge in [0.2, 0.25) is 0 Å². The topological polar surface area (TPSA) is 39.2 Å². The van der Waals surface area contributed by atoms with E-state index < -0.39 is 0 Å². The maximum atomic E-state index is 12.4. The average molecular weight is 412 g/mol. The van der Waals surface area contributed by atoms with Crippen molar-refractivity contribution in [2.75, 3.05) is 0 Å². The Morgan fingerprint density at radius 1 is 1.10 bits per heavy atom. The van der Waals surface area contributed by atoms with Gasteiger partial charge in [-0.15, -0.1) is 0 Å². The van der Waals surface area contributed by atoms with Crippen LogP contribution in [0.15, 0.2) is 60.0 Å². The fraction of sp³-hybridized carbons (Fsp3) is 0.500. The highest BCUT2D eigenvalue weighted by Crippen LogP contribution is 2.69. The fourth-order valence-corrected chi connectivity index (χ4v) is 8.09. The molecule has 1 saturated heterocycles. The summed E-state index contributed by atoms with van der Waals surface area (Å²) in [6, 6.07) is 9.06. The minimum Gasteiger partial charge on any atom is -0.359 e. The third-order valence-corrected chi connectivity index (χ3v) is 9.57. The molecule has 7 rings (SSSR count). The smallest absolute Gasteiger partial charge is 0.136 e. The fourth-order valence-electron chi connectivity index (χ4n) is 8.09. The Hall–Kier alpha value is -2.26. The minimum absolute atomic E-state index is 0.179. The molecule has 2 saturated carbocycles.